The number of para-hydroxylation sites is 1. The van der Waals surface area contributed by atoms with E-state index in [1.165, 1.54) is 23.5 Å². The van der Waals surface area contributed by atoms with Gasteiger partial charge in [0.2, 0.25) is 0 Å². The van der Waals surface area contributed by atoms with Crippen molar-refractivity contribution in [2.75, 3.05) is 11.2 Å². The summed E-state index contributed by atoms with van der Waals surface area (Å²) in [7, 11) is -4.27. The molecule has 34 heavy (non-hydrogen) atoms. The number of fused-ring (bicyclic) bond motifs is 1. The van der Waals surface area contributed by atoms with E-state index in [-0.39, 0.29) is 4.90 Å². The van der Waals surface area contributed by atoms with E-state index in [1.54, 1.807) is 18.5 Å². The average molecular weight is 497 g/mol. The number of nitrogens with two attached hydrogens (primary N) is 2. The number of aromatic nitrogens is 4. The number of thiazole rings is 1. The fourth-order valence-electron chi connectivity index (χ4n) is 3.08. The molecule has 0 spiro atoms. The molecule has 0 bridgehead atoms. The summed E-state index contributed by atoms with van der Waals surface area (Å²) < 4.78 is 32.4. The molecule has 0 fully saturated rings. The van der Waals surface area contributed by atoms with Gasteiger partial charge in [0.25, 0.3) is 10.1 Å². The van der Waals surface area contributed by atoms with E-state index < -0.39 is 10.1 Å². The third kappa shape index (κ3) is 5.19. The Balaban J connectivity index is 0.000000257. The number of hydrogen-bond donors (Lipinski definition) is 6. The highest BCUT2D eigenvalue weighted by atomic mass is 32.2. The Labute approximate surface area is 198 Å². The van der Waals surface area contributed by atoms with Gasteiger partial charge in [0.05, 0.1) is 32.1 Å². The van der Waals surface area contributed by atoms with Crippen LogP contribution >= 0.6 is 11.3 Å². The number of hydrogen-bond acceptors (Lipinski definition) is 10. The molecule has 5 rings (SSSR count). The second-order valence-electron chi connectivity index (χ2n) is 6.85. The van der Waals surface area contributed by atoms with Crippen molar-refractivity contribution in [3.05, 3.63) is 73.1 Å². The van der Waals surface area contributed by atoms with Gasteiger partial charge in [0, 0.05) is 18.0 Å². The quantitative estimate of drug-likeness (QED) is 0.120. The predicted octanol–water partition coefficient (Wildman–Crippen LogP) is 3.05. The molecule has 11 nitrogen and oxygen atoms in total. The molecule has 0 aliphatic rings. The normalized spacial score (nSPS) is 11.1. The highest BCUT2D eigenvalue weighted by Gasteiger charge is 2.19. The summed E-state index contributed by atoms with van der Waals surface area (Å²) >= 11 is 1.27. The number of H-pyrrole nitrogens is 1. The van der Waals surface area contributed by atoms with Crippen LogP contribution < -0.4 is 22.5 Å². The van der Waals surface area contributed by atoms with E-state index in [9.17, 15) is 13.0 Å². The lowest BCUT2D eigenvalue weighted by Gasteiger charge is -2.00. The van der Waals surface area contributed by atoms with Gasteiger partial charge in [-0.3, -0.25) is 20.5 Å². The van der Waals surface area contributed by atoms with Crippen LogP contribution in [0.15, 0.2) is 78.0 Å². The zero-order valence-corrected chi connectivity index (χ0v) is 19.1. The van der Waals surface area contributed by atoms with Gasteiger partial charge >= 0.3 is 0 Å². The van der Waals surface area contributed by atoms with Gasteiger partial charge in [-0.15, -0.1) is 11.3 Å². The van der Waals surface area contributed by atoms with Crippen LogP contribution in [-0.2, 0) is 10.1 Å². The minimum absolute atomic E-state index is 0.176. The molecular formula is C21H20N8O3S2. The maximum atomic E-state index is 11.3. The Morgan fingerprint density at radius 1 is 1.03 bits per heavy atom. The molecule has 0 radical (unpaired) electrons. The van der Waals surface area contributed by atoms with Gasteiger partial charge < -0.3 is 11.2 Å². The molecule has 13 heteroatoms. The highest BCUT2D eigenvalue weighted by Crippen LogP contribution is 2.39. The molecule has 5 aromatic rings. The molecule has 0 unspecified atom stereocenters. The van der Waals surface area contributed by atoms with Gasteiger partial charge in [-0.1, -0.05) is 18.2 Å². The summed E-state index contributed by atoms with van der Waals surface area (Å²) in [6, 6.07) is 17.5. The third-order valence-electron chi connectivity index (χ3n) is 4.63. The number of nitrogen functional groups attached to an aromatic ring is 1. The van der Waals surface area contributed by atoms with Gasteiger partial charge in [-0.25, -0.2) is 4.98 Å². The Bertz CT molecular complexity index is 1500. The number of nitrogens with zero attached hydrogens (tertiary/aromatic N) is 3. The second kappa shape index (κ2) is 9.94. The molecule has 2 aromatic carbocycles. The molecule has 3 heterocycles. The first-order valence-corrected chi connectivity index (χ1v) is 12.0. The van der Waals surface area contributed by atoms with Crippen LogP contribution in [0.25, 0.3) is 32.0 Å². The number of aromatic amines is 1. The summed E-state index contributed by atoms with van der Waals surface area (Å²) in [5.41, 5.74) is 14.8. The van der Waals surface area contributed by atoms with E-state index >= 15 is 0 Å². The van der Waals surface area contributed by atoms with E-state index in [0.717, 1.165) is 11.3 Å². The average Bonchev–Trinajstić information content (AvgIpc) is 3.43. The van der Waals surface area contributed by atoms with Crippen LogP contribution in [0.2, 0.25) is 0 Å². The Morgan fingerprint density at radius 3 is 2.44 bits per heavy atom. The Kier molecular flexibility index (Phi) is 6.81. The molecule has 0 saturated carbocycles. The van der Waals surface area contributed by atoms with Gasteiger partial charge in [-0.05, 0) is 42.5 Å². The molecule has 8 N–H and O–H groups in total. The van der Waals surface area contributed by atoms with Crippen LogP contribution in [-0.4, -0.2) is 33.1 Å². The van der Waals surface area contributed by atoms with E-state index in [2.05, 4.69) is 31.1 Å². The molecule has 3 aromatic heterocycles. The van der Waals surface area contributed by atoms with Crippen molar-refractivity contribution in [2.45, 2.75) is 4.90 Å². The molecule has 174 valence electrons. The fraction of sp³-hybridized carbons (Fsp3) is 0. The van der Waals surface area contributed by atoms with Crippen LogP contribution in [0.1, 0.15) is 0 Å². The van der Waals surface area contributed by atoms with E-state index in [0.29, 0.717) is 32.3 Å². The number of pyridine rings is 1. The Morgan fingerprint density at radius 2 is 1.76 bits per heavy atom. The van der Waals surface area contributed by atoms with Crippen molar-refractivity contribution in [1.82, 2.24) is 25.7 Å². The van der Waals surface area contributed by atoms with Crippen molar-refractivity contribution in [3.63, 3.8) is 0 Å². The van der Waals surface area contributed by atoms with Crippen molar-refractivity contribution in [2.24, 2.45) is 5.84 Å². The number of nitrogens with one attached hydrogen (secondary N) is 3. The molecule has 0 aliphatic carbocycles. The summed E-state index contributed by atoms with van der Waals surface area (Å²) in [4.78, 5) is 8.32. The topological polar surface area (TPSA) is 185 Å². The van der Waals surface area contributed by atoms with E-state index in [4.69, 9.17) is 11.6 Å². The highest BCUT2D eigenvalue weighted by molar-refractivity contribution is 7.85. The summed E-state index contributed by atoms with van der Waals surface area (Å²) in [6.07, 6.45) is 3.32. The Hall–Kier alpha value is -3.88. The molecule has 0 atom stereocenters. The third-order valence-corrected chi connectivity index (χ3v) is 6.51. The van der Waals surface area contributed by atoms with Crippen LogP contribution in [0.3, 0.4) is 0 Å². The molecule has 0 saturated heterocycles. The second-order valence-corrected chi connectivity index (χ2v) is 9.31. The SMILES string of the molecule is NNNc1ccccc1.Nc1n[nH]c(-c2ccncc2)c1-c1nc2ccc(S(=O)(=O)O)cc2s1. The van der Waals surface area contributed by atoms with Crippen LogP contribution in [0, 0.1) is 0 Å². The molecular weight excluding hydrogens is 476 g/mol. The minimum Gasteiger partial charge on any atom is -0.382 e. The number of rotatable bonds is 5. The standard InChI is InChI=1S/C15H11N5O3S2.C6H9N3/c16-14-12(13(19-20-14)8-3-5-17-6-4-8)15-18-10-2-1-9(25(21,22)23)7-11(10)24-15;7-9-8-6-4-2-1-3-5-6/h1-7H,(H3,16,19,20)(H,21,22,23);1-5,8-9H,7H2. The maximum Gasteiger partial charge on any atom is 0.294 e. The summed E-state index contributed by atoms with van der Waals surface area (Å²) in [5, 5.41) is 7.55. The first-order valence-electron chi connectivity index (χ1n) is 9.76. The summed E-state index contributed by atoms with van der Waals surface area (Å²) in [5.74, 6) is 5.29. The lowest BCUT2D eigenvalue weighted by atomic mass is 10.1. The van der Waals surface area contributed by atoms with Crippen molar-refractivity contribution >= 4 is 43.2 Å². The monoisotopic (exact) mass is 496 g/mol. The lowest BCUT2D eigenvalue weighted by molar-refractivity contribution is 0.483. The van der Waals surface area contributed by atoms with Gasteiger partial charge in [0.1, 0.15) is 5.01 Å². The first-order chi connectivity index (χ1) is 16.4. The first kappa shape index (κ1) is 23.3. The zero-order chi connectivity index (χ0) is 24.1. The largest absolute Gasteiger partial charge is 0.382 e. The van der Waals surface area contributed by atoms with Crippen molar-refractivity contribution < 1.29 is 13.0 Å². The number of hydrazine groups is 2. The minimum atomic E-state index is -4.27. The van der Waals surface area contributed by atoms with Gasteiger partial charge in [0.15, 0.2) is 5.82 Å². The predicted molar refractivity (Wildman–Crippen MR) is 132 cm³/mol. The maximum absolute atomic E-state index is 11.3. The van der Waals surface area contributed by atoms with Crippen LogP contribution in [0.5, 0.6) is 0 Å². The zero-order valence-electron chi connectivity index (χ0n) is 17.5. The smallest absolute Gasteiger partial charge is 0.294 e. The number of benzene rings is 2. The van der Waals surface area contributed by atoms with E-state index in [1.807, 2.05) is 42.5 Å². The number of anilines is 2. The van der Waals surface area contributed by atoms with Crippen molar-refractivity contribution in [3.8, 4) is 21.8 Å². The van der Waals surface area contributed by atoms with Gasteiger partial charge in [-0.2, -0.15) is 19.1 Å². The van der Waals surface area contributed by atoms with Crippen LogP contribution in [0.4, 0.5) is 11.5 Å². The lowest BCUT2D eigenvalue weighted by Crippen LogP contribution is -2.28. The van der Waals surface area contributed by atoms with Crippen molar-refractivity contribution in [1.29, 1.82) is 0 Å². The fourth-order valence-corrected chi connectivity index (χ4v) is 4.72. The molecule has 0 aliphatic heterocycles. The molecule has 0 amide bonds. The summed E-state index contributed by atoms with van der Waals surface area (Å²) in [6.45, 7) is 0.